The number of allylic oxidation sites excluding steroid dienone is 2. The molecule has 14 nitrogen and oxygen atoms in total. The average molecular weight is 718 g/mol. The van der Waals surface area contributed by atoms with Gasteiger partial charge in [0.1, 0.15) is 30.5 Å². The monoisotopic (exact) mass is 717 g/mol. The Balaban J connectivity index is 1.97. The second kappa shape index (κ2) is 19.5. The Hall–Kier alpha value is -1.53. The number of likely N-dealkylation sites (N-methyl/N-ethyl adjacent to an activating group) is 1. The average Bonchev–Trinajstić information content (AvgIpc) is 3.03. The summed E-state index contributed by atoms with van der Waals surface area (Å²) in [5.74, 6) is -1.19. The van der Waals surface area contributed by atoms with Crippen molar-refractivity contribution in [2.75, 3.05) is 34.9 Å². The Kier molecular flexibility index (Phi) is 16.7. The fourth-order valence-corrected chi connectivity index (χ4v) is 7.33. The molecule has 0 saturated carbocycles. The van der Waals surface area contributed by atoms with Crippen molar-refractivity contribution >= 4 is 5.97 Å². The number of methoxy groups -OCH3 is 2. The van der Waals surface area contributed by atoms with Gasteiger partial charge in [0.25, 0.3) is 0 Å². The highest BCUT2D eigenvalue weighted by Gasteiger charge is 2.51. The van der Waals surface area contributed by atoms with Crippen LogP contribution in [0.5, 0.6) is 0 Å². The molecule has 290 valence electrons. The van der Waals surface area contributed by atoms with Gasteiger partial charge in [0.15, 0.2) is 12.6 Å². The molecule has 2 saturated heterocycles. The van der Waals surface area contributed by atoms with Crippen molar-refractivity contribution in [3.05, 3.63) is 24.3 Å². The summed E-state index contributed by atoms with van der Waals surface area (Å²) in [5.41, 5.74) is -1.44. The predicted molar refractivity (Wildman–Crippen MR) is 183 cm³/mol. The van der Waals surface area contributed by atoms with E-state index in [1.165, 1.54) is 21.1 Å². The first-order valence-corrected chi connectivity index (χ1v) is 17.8. The molecule has 14 heteroatoms. The van der Waals surface area contributed by atoms with Crippen LogP contribution in [-0.2, 0) is 38.0 Å². The van der Waals surface area contributed by atoms with Gasteiger partial charge in [-0.3, -0.25) is 4.79 Å². The zero-order valence-electron chi connectivity index (χ0n) is 31.2. The minimum atomic E-state index is -1.44. The molecule has 2 fully saturated rings. The van der Waals surface area contributed by atoms with Crippen molar-refractivity contribution in [1.82, 2.24) is 4.90 Å². The maximum absolute atomic E-state index is 13.1. The molecule has 0 bridgehead atoms. The number of ether oxygens (including phenoxy) is 7. The summed E-state index contributed by atoms with van der Waals surface area (Å²) in [6.45, 7) is 8.47. The zero-order chi connectivity index (χ0) is 37.3. The van der Waals surface area contributed by atoms with E-state index in [2.05, 4.69) is 0 Å². The SMILES string of the molecule is COC1CC(=O)O[C@@H](C)C/C=C\C=C/C(O)[C@@H](C)CC(CCO)C(O[C@@H]2O[C@H](C)C(OC3C[C@@](C)(O)C(O)[C@@H](C)O3)[C@H](N(C)C)C2O)C1OC. The van der Waals surface area contributed by atoms with Crippen LogP contribution in [0.3, 0.4) is 0 Å². The van der Waals surface area contributed by atoms with Crippen LogP contribution in [0.15, 0.2) is 24.3 Å². The van der Waals surface area contributed by atoms with Gasteiger partial charge in [0.05, 0.1) is 48.6 Å². The lowest BCUT2D eigenvalue weighted by Gasteiger charge is -2.50. The van der Waals surface area contributed by atoms with Gasteiger partial charge in [0.2, 0.25) is 0 Å². The summed E-state index contributed by atoms with van der Waals surface area (Å²) in [4.78, 5) is 14.9. The number of aliphatic hydroxyl groups is 5. The molecular formula is C36H63NO13. The third-order valence-electron chi connectivity index (χ3n) is 10.2. The lowest BCUT2D eigenvalue weighted by Crippen LogP contribution is -2.65. The molecule has 3 aliphatic rings. The van der Waals surface area contributed by atoms with E-state index in [1.54, 1.807) is 58.0 Å². The van der Waals surface area contributed by atoms with Crippen LogP contribution in [0.1, 0.15) is 66.7 Å². The van der Waals surface area contributed by atoms with Gasteiger partial charge < -0.3 is 63.6 Å². The topological polar surface area (TPSA) is 186 Å². The number of esters is 1. The highest BCUT2D eigenvalue weighted by atomic mass is 16.7. The molecule has 0 aromatic rings. The maximum Gasteiger partial charge on any atom is 0.308 e. The molecule has 0 amide bonds. The van der Waals surface area contributed by atoms with Crippen LogP contribution >= 0.6 is 0 Å². The minimum absolute atomic E-state index is 0.00740. The molecule has 50 heavy (non-hydrogen) atoms. The van der Waals surface area contributed by atoms with Gasteiger partial charge >= 0.3 is 5.97 Å². The van der Waals surface area contributed by atoms with Gasteiger partial charge in [-0.2, -0.15) is 0 Å². The summed E-state index contributed by atoms with van der Waals surface area (Å²) in [5, 5.41) is 54.3. The van der Waals surface area contributed by atoms with Gasteiger partial charge in [0, 0.05) is 33.7 Å². The Morgan fingerprint density at radius 3 is 2.26 bits per heavy atom. The smallest absolute Gasteiger partial charge is 0.308 e. The van der Waals surface area contributed by atoms with Crippen LogP contribution in [0.25, 0.3) is 0 Å². The summed E-state index contributed by atoms with van der Waals surface area (Å²) >= 11 is 0. The van der Waals surface area contributed by atoms with Gasteiger partial charge in [-0.05, 0) is 66.5 Å². The Bertz CT molecular complexity index is 1090. The van der Waals surface area contributed by atoms with Gasteiger partial charge in [-0.1, -0.05) is 31.2 Å². The van der Waals surface area contributed by atoms with Gasteiger partial charge in [-0.25, -0.2) is 0 Å². The third kappa shape index (κ3) is 11.2. The molecule has 3 heterocycles. The van der Waals surface area contributed by atoms with E-state index in [4.69, 9.17) is 33.2 Å². The molecule has 0 aromatic heterocycles. The van der Waals surface area contributed by atoms with E-state index in [0.717, 1.165) is 0 Å². The molecule has 0 aromatic carbocycles. The second-order valence-corrected chi connectivity index (χ2v) is 14.6. The number of carbonyl (C=O) groups is 1. The summed E-state index contributed by atoms with van der Waals surface area (Å²) < 4.78 is 42.7. The highest BCUT2D eigenvalue weighted by Crippen LogP contribution is 2.37. The molecule has 16 atom stereocenters. The van der Waals surface area contributed by atoms with E-state index in [1.807, 2.05) is 13.0 Å². The number of cyclic esters (lactones) is 1. The van der Waals surface area contributed by atoms with E-state index in [0.29, 0.717) is 12.8 Å². The molecule has 5 N–H and O–H groups in total. The number of aliphatic hydroxyl groups excluding tert-OH is 4. The van der Waals surface area contributed by atoms with Crippen LogP contribution in [0.2, 0.25) is 0 Å². The van der Waals surface area contributed by atoms with Crippen molar-refractivity contribution in [3.8, 4) is 0 Å². The molecule has 3 rings (SSSR count). The van der Waals surface area contributed by atoms with Crippen LogP contribution in [0.4, 0.5) is 0 Å². The largest absolute Gasteiger partial charge is 0.462 e. The van der Waals surface area contributed by atoms with Crippen molar-refractivity contribution in [2.45, 2.75) is 152 Å². The minimum Gasteiger partial charge on any atom is -0.462 e. The number of nitrogens with zero attached hydrogens (tertiary/aromatic N) is 1. The number of rotatable bonds is 9. The summed E-state index contributed by atoms with van der Waals surface area (Å²) in [6, 6.07) is -0.670. The Morgan fingerprint density at radius 1 is 0.960 bits per heavy atom. The van der Waals surface area contributed by atoms with E-state index >= 15 is 0 Å². The molecule has 0 spiro atoms. The summed E-state index contributed by atoms with van der Waals surface area (Å²) in [6.07, 6.45) is -2.22. The van der Waals surface area contributed by atoms with Crippen LogP contribution in [0, 0.1) is 11.8 Å². The van der Waals surface area contributed by atoms with Crippen LogP contribution in [-0.4, -0.2) is 157 Å². The van der Waals surface area contributed by atoms with E-state index < -0.39 is 97.1 Å². The standard InChI is InChI=1S/C36H63NO13/c1-20-17-24(15-16-38)32(33(45-9)26(44-8)18-27(40)46-21(2)13-11-10-12-14-25(20)39)50-35-30(41)29(37(6)7)31(22(3)48-35)49-28-19-36(5,43)34(42)23(4)47-28/h10-12,14,20-26,28-35,38-39,41-43H,13,15-19H2,1-9H3/b11-10-,14-12-/t20-,21-,22+,23+,24?,25?,26?,28?,29+,30?,31?,32?,33?,34?,35-,36+/m0/s1. The lowest BCUT2D eigenvalue weighted by atomic mass is 9.82. The first-order valence-electron chi connectivity index (χ1n) is 17.8. The quantitative estimate of drug-likeness (QED) is 0.215. The first-order chi connectivity index (χ1) is 23.5. The molecule has 9 unspecified atom stereocenters. The zero-order valence-corrected chi connectivity index (χ0v) is 31.2. The van der Waals surface area contributed by atoms with E-state index in [-0.39, 0.29) is 31.8 Å². The predicted octanol–water partition coefficient (Wildman–Crippen LogP) is 1.29. The van der Waals surface area contributed by atoms with Crippen molar-refractivity contribution in [2.24, 2.45) is 11.8 Å². The number of hydrogen-bond donors (Lipinski definition) is 5. The third-order valence-corrected chi connectivity index (χ3v) is 10.2. The Labute approximate surface area is 297 Å². The molecule has 3 aliphatic heterocycles. The normalized spacial score (nSPS) is 45.6. The Morgan fingerprint density at radius 2 is 1.66 bits per heavy atom. The second-order valence-electron chi connectivity index (χ2n) is 14.6. The first kappa shape index (κ1) is 42.9. The van der Waals surface area contributed by atoms with Crippen molar-refractivity contribution < 1.29 is 63.5 Å². The van der Waals surface area contributed by atoms with Crippen molar-refractivity contribution in [3.63, 3.8) is 0 Å². The van der Waals surface area contributed by atoms with Crippen molar-refractivity contribution in [1.29, 1.82) is 0 Å². The number of hydrogen-bond acceptors (Lipinski definition) is 14. The maximum atomic E-state index is 13.1. The molecular weight excluding hydrogens is 654 g/mol. The summed E-state index contributed by atoms with van der Waals surface area (Å²) in [7, 11) is 6.53. The lowest BCUT2D eigenvalue weighted by molar-refractivity contribution is -0.344. The number of carbonyl (C=O) groups excluding carboxylic acids is 1. The molecule has 0 aliphatic carbocycles. The van der Waals surface area contributed by atoms with E-state index in [9.17, 15) is 30.3 Å². The molecule has 0 radical (unpaired) electrons. The van der Waals surface area contributed by atoms with Gasteiger partial charge in [-0.15, -0.1) is 0 Å². The highest BCUT2D eigenvalue weighted by molar-refractivity contribution is 5.70. The fraction of sp³-hybridized carbons (Fsp3) is 0.861. The van der Waals surface area contributed by atoms with Crippen LogP contribution < -0.4 is 0 Å². The fourth-order valence-electron chi connectivity index (χ4n) is 7.33.